The number of hydrogen-bond acceptors (Lipinski definition) is 3. The summed E-state index contributed by atoms with van der Waals surface area (Å²) in [7, 11) is 0. The lowest BCUT2D eigenvalue weighted by atomic mass is 10.1. The van der Waals surface area contributed by atoms with Crippen LogP contribution in [0.15, 0.2) is 127 Å². The maximum Gasteiger partial charge on any atom is 0.162 e. The fourth-order valence-corrected chi connectivity index (χ4v) is 6.18. The average Bonchev–Trinajstić information content (AvgIpc) is 3.58. The molecule has 186 valence electrons. The summed E-state index contributed by atoms with van der Waals surface area (Å²) >= 11 is 0. The van der Waals surface area contributed by atoms with Gasteiger partial charge in [0.1, 0.15) is 11.3 Å². The zero-order chi connectivity index (χ0) is 26.2. The zero-order valence-electron chi connectivity index (χ0n) is 21.4. The fourth-order valence-electron chi connectivity index (χ4n) is 6.18. The van der Waals surface area contributed by atoms with Crippen LogP contribution in [0, 0.1) is 0 Å². The van der Waals surface area contributed by atoms with Gasteiger partial charge in [0.2, 0.25) is 0 Å². The van der Waals surface area contributed by atoms with Crippen LogP contribution >= 0.6 is 0 Å². The third kappa shape index (κ3) is 2.83. The highest BCUT2D eigenvalue weighted by Crippen LogP contribution is 2.40. The predicted molar refractivity (Wildman–Crippen MR) is 163 cm³/mol. The largest absolute Gasteiger partial charge is 0.278 e. The molecule has 9 rings (SSSR count). The summed E-state index contributed by atoms with van der Waals surface area (Å²) in [6.07, 6.45) is 0. The summed E-state index contributed by atoms with van der Waals surface area (Å²) in [6.45, 7) is 0. The number of benzene rings is 5. The number of fused-ring (bicyclic) bond motifs is 11. The van der Waals surface area contributed by atoms with Gasteiger partial charge in [0.15, 0.2) is 11.6 Å². The second kappa shape index (κ2) is 7.98. The van der Waals surface area contributed by atoms with Gasteiger partial charge in [-0.2, -0.15) is 0 Å². The summed E-state index contributed by atoms with van der Waals surface area (Å²) < 4.78 is 4.63. The van der Waals surface area contributed by atoms with Gasteiger partial charge in [0, 0.05) is 27.1 Å². The first-order valence-corrected chi connectivity index (χ1v) is 13.4. The van der Waals surface area contributed by atoms with Crippen LogP contribution in [0.25, 0.3) is 77.5 Å². The maximum absolute atomic E-state index is 5.28. The van der Waals surface area contributed by atoms with E-state index in [4.69, 9.17) is 15.0 Å². The topological polar surface area (TPSA) is 48.0 Å². The molecule has 0 aliphatic carbocycles. The lowest BCUT2D eigenvalue weighted by Crippen LogP contribution is -2.05. The van der Waals surface area contributed by atoms with Crippen molar-refractivity contribution in [2.24, 2.45) is 0 Å². The molecule has 40 heavy (non-hydrogen) atoms. The van der Waals surface area contributed by atoms with E-state index in [1.165, 1.54) is 16.2 Å². The second-order valence-electron chi connectivity index (χ2n) is 10.1. The van der Waals surface area contributed by atoms with Gasteiger partial charge in [-0.3, -0.25) is 8.97 Å². The molecule has 0 bridgehead atoms. The molecule has 4 heterocycles. The number of hydrogen-bond donors (Lipinski definition) is 0. The van der Waals surface area contributed by atoms with E-state index in [1.807, 2.05) is 30.3 Å². The Hall–Kier alpha value is -5.55. The van der Waals surface area contributed by atoms with Crippen molar-refractivity contribution in [1.29, 1.82) is 0 Å². The highest BCUT2D eigenvalue weighted by molar-refractivity contribution is 6.24. The van der Waals surface area contributed by atoms with Crippen molar-refractivity contribution in [3.63, 3.8) is 0 Å². The first-order chi connectivity index (χ1) is 19.9. The molecule has 5 nitrogen and oxygen atoms in total. The van der Waals surface area contributed by atoms with Crippen LogP contribution in [-0.2, 0) is 0 Å². The molecule has 0 saturated carbocycles. The molecule has 0 amide bonds. The fraction of sp³-hybridized carbons (Fsp3) is 0. The van der Waals surface area contributed by atoms with Crippen molar-refractivity contribution in [3.8, 4) is 17.2 Å². The first kappa shape index (κ1) is 21.4. The lowest BCUT2D eigenvalue weighted by Gasteiger charge is -2.14. The third-order valence-electron chi connectivity index (χ3n) is 7.89. The minimum absolute atomic E-state index is 0.702. The standard InChI is InChI=1S/C35H21N5/c1-2-12-22(13-3-1)32-36-27-18-8-6-16-25(27)34(38-32)39-29-20-10-7-17-26(29)31-23-14-4-5-15-24(23)33-37-28-19-9-11-21-30(28)40(33)35(31)39/h1-21H. The van der Waals surface area contributed by atoms with Crippen LogP contribution in [0.2, 0.25) is 0 Å². The molecule has 4 aromatic heterocycles. The van der Waals surface area contributed by atoms with Gasteiger partial charge in [0.05, 0.1) is 22.1 Å². The SMILES string of the molecule is c1ccc(-c2nc(-n3c4ccccc4c4c5ccccc5c5nc6ccccc6n5c43)c3ccccc3n2)cc1. The van der Waals surface area contributed by atoms with E-state index in [2.05, 4.69) is 106 Å². The smallest absolute Gasteiger partial charge is 0.162 e. The Labute approximate surface area is 228 Å². The number of nitrogens with zero attached hydrogens (tertiary/aromatic N) is 5. The molecule has 9 aromatic rings. The molecule has 0 radical (unpaired) electrons. The lowest BCUT2D eigenvalue weighted by molar-refractivity contribution is 1.05. The Morgan fingerprint density at radius 3 is 1.90 bits per heavy atom. The predicted octanol–water partition coefficient (Wildman–Crippen LogP) is 8.35. The van der Waals surface area contributed by atoms with E-state index in [1.54, 1.807) is 0 Å². The van der Waals surface area contributed by atoms with E-state index < -0.39 is 0 Å². The molecule has 0 aliphatic heterocycles. The highest BCUT2D eigenvalue weighted by atomic mass is 15.2. The Morgan fingerprint density at radius 2 is 1.07 bits per heavy atom. The van der Waals surface area contributed by atoms with Gasteiger partial charge in [-0.25, -0.2) is 15.0 Å². The van der Waals surface area contributed by atoms with E-state index in [0.29, 0.717) is 5.82 Å². The number of imidazole rings is 1. The highest BCUT2D eigenvalue weighted by Gasteiger charge is 2.23. The van der Waals surface area contributed by atoms with Gasteiger partial charge in [-0.15, -0.1) is 0 Å². The molecule has 0 N–H and O–H groups in total. The number of pyridine rings is 1. The first-order valence-electron chi connectivity index (χ1n) is 13.4. The van der Waals surface area contributed by atoms with Gasteiger partial charge < -0.3 is 0 Å². The maximum atomic E-state index is 5.28. The molecule has 5 aromatic carbocycles. The number of para-hydroxylation sites is 4. The number of aromatic nitrogens is 5. The number of rotatable bonds is 2. The second-order valence-corrected chi connectivity index (χ2v) is 10.1. The Morgan fingerprint density at radius 1 is 0.450 bits per heavy atom. The van der Waals surface area contributed by atoms with Crippen LogP contribution in [0.5, 0.6) is 0 Å². The molecule has 0 fully saturated rings. The minimum Gasteiger partial charge on any atom is -0.278 e. The summed E-state index contributed by atoms with van der Waals surface area (Å²) in [6, 6.07) is 44.1. The van der Waals surface area contributed by atoms with Crippen molar-refractivity contribution in [2.45, 2.75) is 0 Å². The van der Waals surface area contributed by atoms with Gasteiger partial charge in [-0.1, -0.05) is 97.1 Å². The quantitative estimate of drug-likeness (QED) is 0.234. The van der Waals surface area contributed by atoms with Crippen molar-refractivity contribution in [2.75, 3.05) is 0 Å². The Balaban J connectivity index is 1.58. The van der Waals surface area contributed by atoms with Crippen molar-refractivity contribution >= 4 is 60.3 Å². The summed E-state index contributed by atoms with van der Waals surface area (Å²) in [5, 5.41) is 5.67. The summed E-state index contributed by atoms with van der Waals surface area (Å²) in [5.41, 5.74) is 7.01. The minimum atomic E-state index is 0.702. The molecular formula is C35H21N5. The molecule has 5 heteroatoms. The normalized spacial score (nSPS) is 12.0. The molecule has 0 atom stereocenters. The van der Waals surface area contributed by atoms with Crippen LogP contribution < -0.4 is 0 Å². The molecule has 0 saturated heterocycles. The van der Waals surface area contributed by atoms with E-state index in [9.17, 15) is 0 Å². The van der Waals surface area contributed by atoms with E-state index in [0.717, 1.165) is 55.5 Å². The van der Waals surface area contributed by atoms with Gasteiger partial charge in [0.25, 0.3) is 0 Å². The van der Waals surface area contributed by atoms with Crippen molar-refractivity contribution < 1.29 is 0 Å². The average molecular weight is 512 g/mol. The van der Waals surface area contributed by atoms with Gasteiger partial charge >= 0.3 is 0 Å². The van der Waals surface area contributed by atoms with Crippen LogP contribution in [0.4, 0.5) is 0 Å². The van der Waals surface area contributed by atoms with E-state index >= 15 is 0 Å². The molecule has 0 unspecified atom stereocenters. The zero-order valence-corrected chi connectivity index (χ0v) is 21.4. The Kier molecular flexibility index (Phi) is 4.27. The van der Waals surface area contributed by atoms with E-state index in [-0.39, 0.29) is 0 Å². The van der Waals surface area contributed by atoms with Crippen molar-refractivity contribution in [3.05, 3.63) is 127 Å². The monoisotopic (exact) mass is 511 g/mol. The summed E-state index contributed by atoms with van der Waals surface area (Å²) in [5.74, 6) is 1.55. The van der Waals surface area contributed by atoms with Crippen LogP contribution in [0.1, 0.15) is 0 Å². The summed E-state index contributed by atoms with van der Waals surface area (Å²) in [4.78, 5) is 15.4. The van der Waals surface area contributed by atoms with Crippen molar-refractivity contribution in [1.82, 2.24) is 23.9 Å². The molecular weight excluding hydrogens is 490 g/mol. The van der Waals surface area contributed by atoms with Gasteiger partial charge in [-0.05, 0) is 35.7 Å². The molecule has 0 aliphatic rings. The van der Waals surface area contributed by atoms with Crippen LogP contribution in [-0.4, -0.2) is 23.9 Å². The van der Waals surface area contributed by atoms with Crippen LogP contribution in [0.3, 0.4) is 0 Å². The molecule has 0 spiro atoms. The third-order valence-corrected chi connectivity index (χ3v) is 7.89. The Bertz CT molecular complexity index is 2430.